The number of fused-ring (bicyclic) bond motifs is 1. The molecule has 0 spiro atoms. The van der Waals surface area contributed by atoms with Crippen molar-refractivity contribution in [1.29, 1.82) is 0 Å². The van der Waals surface area contributed by atoms with Crippen molar-refractivity contribution < 1.29 is 9.59 Å². The number of nitrogens with zero attached hydrogens (tertiary/aromatic N) is 3. The van der Waals surface area contributed by atoms with Gasteiger partial charge in [-0.15, -0.1) is 0 Å². The van der Waals surface area contributed by atoms with E-state index in [1.165, 1.54) is 0 Å². The summed E-state index contributed by atoms with van der Waals surface area (Å²) < 4.78 is 0. The standard InChI is InChI=1S/C17H24N4O2/c1-19(2)11-13-5-3-4-6-14(13)17(23)21-10-9-20-8-7-18-16(22)15(20)12-21/h3-6,15H,7-12H2,1-2H3,(H,18,22)/t15-/m1/s1. The number of benzene rings is 1. The fourth-order valence-electron chi connectivity index (χ4n) is 3.34. The Kier molecular flexibility index (Phi) is 4.63. The van der Waals surface area contributed by atoms with Crippen LogP contribution in [-0.2, 0) is 11.3 Å². The smallest absolute Gasteiger partial charge is 0.254 e. The van der Waals surface area contributed by atoms with Gasteiger partial charge in [0.15, 0.2) is 0 Å². The van der Waals surface area contributed by atoms with E-state index < -0.39 is 0 Å². The molecule has 2 aliphatic heterocycles. The number of piperazine rings is 2. The Balaban J connectivity index is 1.77. The highest BCUT2D eigenvalue weighted by molar-refractivity contribution is 5.96. The van der Waals surface area contributed by atoms with Gasteiger partial charge in [-0.05, 0) is 25.7 Å². The van der Waals surface area contributed by atoms with Crippen LogP contribution in [0.2, 0.25) is 0 Å². The van der Waals surface area contributed by atoms with Gasteiger partial charge in [0.1, 0.15) is 6.04 Å². The lowest BCUT2D eigenvalue weighted by molar-refractivity contribution is -0.131. The molecule has 2 aliphatic rings. The first kappa shape index (κ1) is 16.0. The second kappa shape index (κ2) is 6.68. The molecular weight excluding hydrogens is 292 g/mol. The topological polar surface area (TPSA) is 55.9 Å². The number of nitrogens with one attached hydrogen (secondary N) is 1. The number of hydrogen-bond acceptors (Lipinski definition) is 4. The van der Waals surface area contributed by atoms with E-state index in [0.717, 1.165) is 30.8 Å². The molecule has 0 aromatic heterocycles. The lowest BCUT2D eigenvalue weighted by Crippen LogP contribution is -2.64. The largest absolute Gasteiger partial charge is 0.353 e. The van der Waals surface area contributed by atoms with Crippen LogP contribution in [0.1, 0.15) is 15.9 Å². The van der Waals surface area contributed by atoms with Crippen molar-refractivity contribution in [3.8, 4) is 0 Å². The zero-order chi connectivity index (χ0) is 16.4. The van der Waals surface area contributed by atoms with Crippen molar-refractivity contribution in [2.24, 2.45) is 0 Å². The number of hydrogen-bond donors (Lipinski definition) is 1. The highest BCUT2D eigenvalue weighted by Gasteiger charge is 2.36. The summed E-state index contributed by atoms with van der Waals surface area (Å²) in [6.07, 6.45) is 0. The molecule has 6 nitrogen and oxygen atoms in total. The van der Waals surface area contributed by atoms with Crippen molar-refractivity contribution >= 4 is 11.8 Å². The highest BCUT2D eigenvalue weighted by atomic mass is 16.2. The van der Waals surface area contributed by atoms with E-state index in [1.807, 2.05) is 43.3 Å². The number of amides is 2. The maximum Gasteiger partial charge on any atom is 0.254 e. The van der Waals surface area contributed by atoms with E-state index in [-0.39, 0.29) is 17.9 Å². The first-order valence-corrected chi connectivity index (χ1v) is 8.10. The third kappa shape index (κ3) is 3.38. The van der Waals surface area contributed by atoms with Crippen LogP contribution in [0.4, 0.5) is 0 Å². The SMILES string of the molecule is CN(C)Cc1ccccc1C(=O)N1CCN2CCNC(=O)[C@H]2C1. The first-order valence-electron chi connectivity index (χ1n) is 8.10. The van der Waals surface area contributed by atoms with E-state index >= 15 is 0 Å². The predicted octanol–water partition coefficient (Wildman–Crippen LogP) is 0.00440. The minimum absolute atomic E-state index is 0.0282. The van der Waals surface area contributed by atoms with Gasteiger partial charge in [-0.3, -0.25) is 14.5 Å². The van der Waals surface area contributed by atoms with Crippen LogP contribution in [0, 0.1) is 0 Å². The highest BCUT2D eigenvalue weighted by Crippen LogP contribution is 2.18. The molecule has 0 saturated carbocycles. The number of rotatable bonds is 3. The summed E-state index contributed by atoms with van der Waals surface area (Å²) >= 11 is 0. The normalized spacial score (nSPS) is 22.0. The summed E-state index contributed by atoms with van der Waals surface area (Å²) in [5.41, 5.74) is 1.77. The molecule has 0 aliphatic carbocycles. The summed E-state index contributed by atoms with van der Waals surface area (Å²) in [5, 5.41) is 2.89. The Morgan fingerprint density at radius 1 is 1.26 bits per heavy atom. The Morgan fingerprint density at radius 3 is 2.83 bits per heavy atom. The molecule has 3 rings (SSSR count). The van der Waals surface area contributed by atoms with Crippen molar-refractivity contribution in [1.82, 2.24) is 20.0 Å². The summed E-state index contributed by atoms with van der Waals surface area (Å²) in [6.45, 7) is 4.22. The van der Waals surface area contributed by atoms with Crippen molar-refractivity contribution in [3.05, 3.63) is 35.4 Å². The third-order valence-electron chi connectivity index (χ3n) is 4.51. The van der Waals surface area contributed by atoms with Crippen molar-refractivity contribution in [3.63, 3.8) is 0 Å². The maximum absolute atomic E-state index is 12.9. The third-order valence-corrected chi connectivity index (χ3v) is 4.51. The molecule has 1 atom stereocenters. The van der Waals surface area contributed by atoms with Gasteiger partial charge in [0, 0.05) is 44.8 Å². The minimum Gasteiger partial charge on any atom is -0.353 e. The van der Waals surface area contributed by atoms with E-state index in [0.29, 0.717) is 19.6 Å². The van der Waals surface area contributed by atoms with Gasteiger partial charge >= 0.3 is 0 Å². The average molecular weight is 316 g/mol. The van der Waals surface area contributed by atoms with E-state index in [2.05, 4.69) is 15.1 Å². The van der Waals surface area contributed by atoms with Gasteiger partial charge in [-0.2, -0.15) is 0 Å². The van der Waals surface area contributed by atoms with Gasteiger partial charge in [0.2, 0.25) is 5.91 Å². The molecule has 23 heavy (non-hydrogen) atoms. The second-order valence-electron chi connectivity index (χ2n) is 6.49. The fourth-order valence-corrected chi connectivity index (χ4v) is 3.34. The Hall–Kier alpha value is -1.92. The molecule has 1 aromatic carbocycles. The first-order chi connectivity index (χ1) is 11.1. The fraction of sp³-hybridized carbons (Fsp3) is 0.529. The average Bonchev–Trinajstić information content (AvgIpc) is 2.54. The molecule has 2 heterocycles. The molecule has 2 saturated heterocycles. The Bertz CT molecular complexity index is 602. The van der Waals surface area contributed by atoms with Gasteiger partial charge in [-0.1, -0.05) is 18.2 Å². The zero-order valence-electron chi connectivity index (χ0n) is 13.8. The van der Waals surface area contributed by atoms with Gasteiger partial charge in [-0.25, -0.2) is 0 Å². The number of carbonyl (C=O) groups excluding carboxylic acids is 2. The molecule has 0 unspecified atom stereocenters. The Morgan fingerprint density at radius 2 is 2.04 bits per heavy atom. The van der Waals surface area contributed by atoms with Crippen molar-refractivity contribution in [2.45, 2.75) is 12.6 Å². The monoisotopic (exact) mass is 316 g/mol. The molecule has 0 bridgehead atoms. The van der Waals surface area contributed by atoms with E-state index in [9.17, 15) is 9.59 Å². The van der Waals surface area contributed by atoms with Crippen LogP contribution in [0.3, 0.4) is 0 Å². The quantitative estimate of drug-likeness (QED) is 0.853. The van der Waals surface area contributed by atoms with Gasteiger partial charge in [0.05, 0.1) is 0 Å². The number of carbonyl (C=O) groups is 2. The summed E-state index contributed by atoms with van der Waals surface area (Å²) in [5.74, 6) is 0.0656. The zero-order valence-corrected chi connectivity index (χ0v) is 13.8. The van der Waals surface area contributed by atoms with Crippen LogP contribution >= 0.6 is 0 Å². The Labute approximate surface area is 137 Å². The van der Waals surface area contributed by atoms with Crippen molar-refractivity contribution in [2.75, 3.05) is 46.8 Å². The molecule has 1 aromatic rings. The van der Waals surface area contributed by atoms with E-state index in [1.54, 1.807) is 0 Å². The maximum atomic E-state index is 12.9. The van der Waals surface area contributed by atoms with Crippen LogP contribution in [0.15, 0.2) is 24.3 Å². The lowest BCUT2D eigenvalue weighted by Gasteiger charge is -2.43. The van der Waals surface area contributed by atoms with Gasteiger partial charge in [0.25, 0.3) is 5.91 Å². The molecule has 2 fully saturated rings. The van der Waals surface area contributed by atoms with E-state index in [4.69, 9.17) is 0 Å². The predicted molar refractivity (Wildman–Crippen MR) is 88.1 cm³/mol. The van der Waals surface area contributed by atoms with Crippen LogP contribution < -0.4 is 5.32 Å². The molecular formula is C17H24N4O2. The molecule has 1 N–H and O–H groups in total. The molecule has 2 amide bonds. The molecule has 0 radical (unpaired) electrons. The summed E-state index contributed by atoms with van der Waals surface area (Å²) in [6, 6.07) is 7.53. The van der Waals surface area contributed by atoms with Gasteiger partial charge < -0.3 is 15.1 Å². The molecule has 6 heteroatoms. The summed E-state index contributed by atoms with van der Waals surface area (Å²) in [4.78, 5) is 31.0. The van der Waals surface area contributed by atoms with Crippen LogP contribution in [0.25, 0.3) is 0 Å². The minimum atomic E-state index is -0.206. The van der Waals surface area contributed by atoms with Crippen LogP contribution in [0.5, 0.6) is 0 Å². The lowest BCUT2D eigenvalue weighted by atomic mass is 10.0. The van der Waals surface area contributed by atoms with Crippen LogP contribution in [-0.4, -0.2) is 79.4 Å². The molecule has 124 valence electrons. The summed E-state index contributed by atoms with van der Waals surface area (Å²) in [7, 11) is 3.98. The second-order valence-corrected chi connectivity index (χ2v) is 6.49.